The first-order chi connectivity index (χ1) is 10.7. The van der Waals surface area contributed by atoms with Crippen LogP contribution >= 0.6 is 0 Å². The first-order valence-corrected chi connectivity index (χ1v) is 7.56. The Morgan fingerprint density at radius 2 is 1.55 bits per heavy atom. The van der Waals surface area contributed by atoms with Gasteiger partial charge < -0.3 is 0 Å². The van der Waals surface area contributed by atoms with Crippen LogP contribution < -0.4 is 11.4 Å². The predicted molar refractivity (Wildman–Crippen MR) is 82.2 cm³/mol. The summed E-state index contributed by atoms with van der Waals surface area (Å²) in [4.78, 5) is 25.7. The number of rotatable bonds is 1. The van der Waals surface area contributed by atoms with Crippen LogP contribution in [-0.2, 0) is 0 Å². The monoisotopic (exact) mass is 293 g/mol. The fourth-order valence-electron chi connectivity index (χ4n) is 4.28. The number of aromatic nitrogens is 3. The standard InChI is InChI=1S/C17H15N3O2/c1-10-9-12-13-7-8-14(15(10)12)20-17(22)18(16(21)19(13)20)11-5-3-2-4-6-11/h2-9,12-15H,1H3. The third-order valence-corrected chi connectivity index (χ3v) is 5.25. The molecular weight excluding hydrogens is 278 g/mol. The van der Waals surface area contributed by atoms with Gasteiger partial charge in [0.1, 0.15) is 0 Å². The summed E-state index contributed by atoms with van der Waals surface area (Å²) in [7, 11) is 0. The molecule has 0 amide bonds. The molecule has 1 aromatic carbocycles. The van der Waals surface area contributed by atoms with E-state index in [9.17, 15) is 9.59 Å². The molecule has 0 radical (unpaired) electrons. The topological polar surface area (TPSA) is 48.9 Å². The SMILES string of the molecule is CC1=CC2C1C1C=CC2n2c(=O)n(-c3ccccc3)c(=O)n21. The van der Waals surface area contributed by atoms with Crippen LogP contribution in [0.2, 0.25) is 0 Å². The molecule has 0 N–H and O–H groups in total. The molecule has 0 fully saturated rings. The van der Waals surface area contributed by atoms with Gasteiger partial charge in [0.2, 0.25) is 0 Å². The Kier molecular flexibility index (Phi) is 2.08. The van der Waals surface area contributed by atoms with Crippen LogP contribution in [0.15, 0.2) is 63.7 Å². The first-order valence-electron chi connectivity index (χ1n) is 7.56. The van der Waals surface area contributed by atoms with Gasteiger partial charge in [0.25, 0.3) is 0 Å². The van der Waals surface area contributed by atoms with Crippen molar-refractivity contribution in [1.29, 1.82) is 0 Å². The Morgan fingerprint density at radius 3 is 2.23 bits per heavy atom. The average molecular weight is 293 g/mol. The molecule has 4 aliphatic rings. The van der Waals surface area contributed by atoms with Crippen molar-refractivity contribution < 1.29 is 0 Å². The van der Waals surface area contributed by atoms with Gasteiger partial charge in [-0.25, -0.2) is 23.5 Å². The lowest BCUT2D eigenvalue weighted by Crippen LogP contribution is -2.51. The molecule has 0 saturated carbocycles. The van der Waals surface area contributed by atoms with Gasteiger partial charge in [-0.2, -0.15) is 0 Å². The summed E-state index contributed by atoms with van der Waals surface area (Å²) < 4.78 is 4.58. The molecule has 5 nitrogen and oxygen atoms in total. The van der Waals surface area contributed by atoms with Gasteiger partial charge >= 0.3 is 11.4 Å². The summed E-state index contributed by atoms with van der Waals surface area (Å²) in [5, 5.41) is 0. The van der Waals surface area contributed by atoms with E-state index < -0.39 is 0 Å². The number of para-hydroxylation sites is 1. The third kappa shape index (κ3) is 1.21. The third-order valence-electron chi connectivity index (χ3n) is 5.25. The van der Waals surface area contributed by atoms with Crippen molar-refractivity contribution in [2.75, 3.05) is 0 Å². The Morgan fingerprint density at radius 1 is 0.909 bits per heavy atom. The normalized spacial score (nSPS) is 30.5. The molecule has 0 saturated heterocycles. The number of hydrogen-bond donors (Lipinski definition) is 0. The maximum Gasteiger partial charge on any atom is 0.352 e. The van der Waals surface area contributed by atoms with Gasteiger partial charge in [-0.15, -0.1) is 0 Å². The molecular formula is C17H15N3O2. The van der Waals surface area contributed by atoms with Gasteiger partial charge in [-0.05, 0) is 19.1 Å². The zero-order valence-corrected chi connectivity index (χ0v) is 12.1. The highest BCUT2D eigenvalue weighted by atomic mass is 16.2. The highest BCUT2D eigenvalue weighted by Crippen LogP contribution is 2.53. The smallest absolute Gasteiger partial charge is 0.245 e. The van der Waals surface area contributed by atoms with Crippen molar-refractivity contribution in [3.05, 3.63) is 75.1 Å². The second-order valence-electron chi connectivity index (χ2n) is 6.31. The van der Waals surface area contributed by atoms with Crippen LogP contribution in [0, 0.1) is 11.8 Å². The van der Waals surface area contributed by atoms with Crippen LogP contribution in [0.25, 0.3) is 5.69 Å². The molecule has 0 spiro atoms. The molecule has 2 aliphatic carbocycles. The van der Waals surface area contributed by atoms with E-state index in [1.807, 2.05) is 18.2 Å². The lowest BCUT2D eigenvalue weighted by atomic mass is 9.64. The summed E-state index contributed by atoms with van der Waals surface area (Å²) >= 11 is 0. The van der Waals surface area contributed by atoms with Crippen LogP contribution in [0.1, 0.15) is 19.0 Å². The highest BCUT2D eigenvalue weighted by molar-refractivity contribution is 5.35. The molecule has 6 rings (SSSR count). The summed E-state index contributed by atoms with van der Waals surface area (Å²) in [6.07, 6.45) is 6.38. The highest BCUT2D eigenvalue weighted by Gasteiger charge is 2.50. The van der Waals surface area contributed by atoms with Crippen molar-refractivity contribution in [2.45, 2.75) is 19.0 Å². The van der Waals surface area contributed by atoms with Gasteiger partial charge in [-0.3, -0.25) is 0 Å². The molecule has 1 aromatic heterocycles. The summed E-state index contributed by atoms with van der Waals surface area (Å²) in [6, 6.07) is 9.07. The zero-order chi connectivity index (χ0) is 15.0. The van der Waals surface area contributed by atoms with Gasteiger partial charge in [0, 0.05) is 11.8 Å². The fraction of sp³-hybridized carbons (Fsp3) is 0.294. The maximum absolute atomic E-state index is 12.9. The van der Waals surface area contributed by atoms with Crippen molar-refractivity contribution in [3.63, 3.8) is 0 Å². The van der Waals surface area contributed by atoms with E-state index in [0.717, 1.165) is 0 Å². The molecule has 2 aliphatic heterocycles. The quantitative estimate of drug-likeness (QED) is 0.751. The Balaban J connectivity index is 1.80. The molecule has 4 unspecified atom stereocenters. The number of benzene rings is 1. The number of nitrogens with zero attached hydrogens (tertiary/aromatic N) is 3. The van der Waals surface area contributed by atoms with E-state index in [0.29, 0.717) is 17.5 Å². The van der Waals surface area contributed by atoms with Crippen LogP contribution in [0.3, 0.4) is 0 Å². The fourth-order valence-corrected chi connectivity index (χ4v) is 4.28. The predicted octanol–water partition coefficient (Wildman–Crippen LogP) is 1.66. The van der Waals surface area contributed by atoms with E-state index in [4.69, 9.17) is 0 Å². The molecule has 22 heavy (non-hydrogen) atoms. The van der Waals surface area contributed by atoms with E-state index >= 15 is 0 Å². The Bertz CT molecular complexity index is 958. The average Bonchev–Trinajstić information content (AvgIpc) is 2.80. The van der Waals surface area contributed by atoms with E-state index in [1.165, 1.54) is 10.1 Å². The molecule has 4 atom stereocenters. The maximum atomic E-state index is 12.9. The second kappa shape index (κ2) is 3.80. The van der Waals surface area contributed by atoms with Gasteiger partial charge in [-0.1, -0.05) is 42.0 Å². The van der Waals surface area contributed by atoms with Crippen molar-refractivity contribution in [3.8, 4) is 5.69 Å². The van der Waals surface area contributed by atoms with Crippen LogP contribution in [-0.4, -0.2) is 13.9 Å². The number of allylic oxidation sites excluding steroid dienone is 4. The minimum atomic E-state index is -0.244. The molecule has 110 valence electrons. The Labute approximate surface area is 126 Å². The Hall–Kier alpha value is -2.56. The molecule has 3 heterocycles. The largest absolute Gasteiger partial charge is 0.352 e. The lowest BCUT2D eigenvalue weighted by molar-refractivity contribution is 0.126. The summed E-state index contributed by atoms with van der Waals surface area (Å²) in [6.45, 7) is 2.11. The van der Waals surface area contributed by atoms with Crippen molar-refractivity contribution >= 4 is 0 Å². The summed E-state index contributed by atoms with van der Waals surface area (Å²) in [5.74, 6) is 0.706. The first kappa shape index (κ1) is 12.0. The second-order valence-corrected chi connectivity index (χ2v) is 6.31. The van der Waals surface area contributed by atoms with Crippen molar-refractivity contribution in [1.82, 2.24) is 13.9 Å². The zero-order valence-electron chi connectivity index (χ0n) is 12.1. The van der Waals surface area contributed by atoms with E-state index in [1.54, 1.807) is 21.5 Å². The van der Waals surface area contributed by atoms with E-state index in [-0.39, 0.29) is 23.5 Å². The van der Waals surface area contributed by atoms with Crippen LogP contribution in [0.4, 0.5) is 0 Å². The molecule has 2 aromatic rings. The van der Waals surface area contributed by atoms with Crippen molar-refractivity contribution in [2.24, 2.45) is 11.8 Å². The molecule has 2 bridgehead atoms. The summed E-state index contributed by atoms with van der Waals surface area (Å²) in [5.41, 5.74) is 1.46. The minimum Gasteiger partial charge on any atom is -0.245 e. The molecule has 5 heteroatoms. The van der Waals surface area contributed by atoms with Gasteiger partial charge in [0.05, 0.1) is 17.8 Å². The van der Waals surface area contributed by atoms with Gasteiger partial charge in [0.15, 0.2) is 0 Å². The van der Waals surface area contributed by atoms with Crippen LogP contribution in [0.5, 0.6) is 0 Å². The number of hydrogen-bond acceptors (Lipinski definition) is 2. The lowest BCUT2D eigenvalue weighted by Gasteiger charge is -2.50. The van der Waals surface area contributed by atoms with E-state index in [2.05, 4.69) is 25.2 Å². The minimum absolute atomic E-state index is 0.0369.